The molecule has 1 aromatic carbocycles. The maximum Gasteiger partial charge on any atom is 0.340 e. The van der Waals surface area contributed by atoms with Crippen LogP contribution in [0.15, 0.2) is 41.1 Å². The molecule has 1 N–H and O–H groups in total. The van der Waals surface area contributed by atoms with E-state index in [1.807, 2.05) is 6.92 Å². The number of amides is 2. The Hall–Kier alpha value is -3.09. The van der Waals surface area contributed by atoms with Crippen molar-refractivity contribution < 1.29 is 23.9 Å². The molecular formula is C24H30N2O5. The van der Waals surface area contributed by atoms with E-state index in [4.69, 9.17) is 9.47 Å². The average Bonchev–Trinajstić information content (AvgIpc) is 3.02. The van der Waals surface area contributed by atoms with Crippen molar-refractivity contribution in [1.82, 2.24) is 10.2 Å². The van der Waals surface area contributed by atoms with Gasteiger partial charge in [-0.3, -0.25) is 9.59 Å². The first-order valence-corrected chi connectivity index (χ1v) is 10.8. The van der Waals surface area contributed by atoms with Crippen molar-refractivity contribution in [3.8, 4) is 5.75 Å². The van der Waals surface area contributed by atoms with Crippen LogP contribution in [-0.2, 0) is 19.1 Å². The van der Waals surface area contributed by atoms with Crippen LogP contribution in [0.4, 0.5) is 0 Å². The van der Waals surface area contributed by atoms with Gasteiger partial charge in [0.15, 0.2) is 6.61 Å². The number of rotatable bonds is 7. The summed E-state index contributed by atoms with van der Waals surface area (Å²) < 4.78 is 10.5. The van der Waals surface area contributed by atoms with Crippen LogP contribution in [-0.4, -0.2) is 49.0 Å². The van der Waals surface area contributed by atoms with E-state index in [1.165, 1.54) is 13.5 Å². The molecule has 0 unspecified atom stereocenters. The van der Waals surface area contributed by atoms with E-state index < -0.39 is 5.97 Å². The third-order valence-electron chi connectivity index (χ3n) is 5.75. The molecule has 1 aliphatic heterocycles. The SMILES string of the molecule is CCN1C(=O)/C(=C\c2ccc(OCC(=O)NC3CCCCC3)cc2)C(C(=O)OC)=C1C. The number of nitrogens with zero attached hydrogens (tertiary/aromatic N) is 1. The molecule has 1 aliphatic carbocycles. The normalized spacial score (nSPS) is 18.5. The summed E-state index contributed by atoms with van der Waals surface area (Å²) in [6, 6.07) is 7.31. The molecule has 0 atom stereocenters. The number of nitrogens with one attached hydrogen (secondary N) is 1. The van der Waals surface area contributed by atoms with Crippen LogP contribution in [0.1, 0.15) is 51.5 Å². The summed E-state index contributed by atoms with van der Waals surface area (Å²) in [5, 5.41) is 3.02. The quantitative estimate of drug-likeness (QED) is 0.535. The molecule has 1 aromatic rings. The van der Waals surface area contributed by atoms with E-state index in [0.717, 1.165) is 31.2 Å². The number of methoxy groups -OCH3 is 1. The zero-order valence-electron chi connectivity index (χ0n) is 18.4. The number of likely N-dealkylation sites (N-methyl/N-ethyl adjacent to an activating group) is 1. The molecule has 0 aromatic heterocycles. The van der Waals surface area contributed by atoms with Crippen molar-refractivity contribution in [3.05, 3.63) is 46.7 Å². The lowest BCUT2D eigenvalue weighted by Gasteiger charge is -2.22. The monoisotopic (exact) mass is 426 g/mol. The lowest BCUT2D eigenvalue weighted by Crippen LogP contribution is -2.38. The van der Waals surface area contributed by atoms with E-state index in [-0.39, 0.29) is 30.0 Å². The third-order valence-corrected chi connectivity index (χ3v) is 5.75. The number of allylic oxidation sites excluding steroid dienone is 1. The largest absolute Gasteiger partial charge is 0.484 e. The zero-order chi connectivity index (χ0) is 22.4. The Kier molecular flexibility index (Phi) is 7.50. The Bertz CT molecular complexity index is 895. The minimum absolute atomic E-state index is 0.0324. The van der Waals surface area contributed by atoms with Crippen LogP contribution < -0.4 is 10.1 Å². The fourth-order valence-corrected chi connectivity index (χ4v) is 4.10. The van der Waals surface area contributed by atoms with Crippen LogP contribution >= 0.6 is 0 Å². The lowest BCUT2D eigenvalue weighted by molar-refractivity contribution is -0.136. The predicted molar refractivity (Wildman–Crippen MR) is 117 cm³/mol. The smallest absolute Gasteiger partial charge is 0.340 e. The van der Waals surface area contributed by atoms with Gasteiger partial charge in [-0.25, -0.2) is 4.79 Å². The number of hydrogen-bond acceptors (Lipinski definition) is 5. The molecule has 1 saturated carbocycles. The second-order valence-corrected chi connectivity index (χ2v) is 7.82. The van der Waals surface area contributed by atoms with Crippen molar-refractivity contribution in [2.24, 2.45) is 0 Å². The lowest BCUT2D eigenvalue weighted by atomic mass is 9.95. The summed E-state index contributed by atoms with van der Waals surface area (Å²) in [5.74, 6) is -0.302. The van der Waals surface area contributed by atoms with Crippen LogP contribution in [0, 0.1) is 0 Å². The van der Waals surface area contributed by atoms with Gasteiger partial charge in [0.1, 0.15) is 5.75 Å². The summed E-state index contributed by atoms with van der Waals surface area (Å²) in [6.07, 6.45) is 7.30. The van der Waals surface area contributed by atoms with Gasteiger partial charge in [0, 0.05) is 18.3 Å². The highest BCUT2D eigenvalue weighted by molar-refractivity contribution is 6.16. The maximum atomic E-state index is 12.7. The van der Waals surface area contributed by atoms with Gasteiger partial charge in [0.25, 0.3) is 11.8 Å². The Balaban J connectivity index is 1.65. The number of carbonyl (C=O) groups excluding carboxylic acids is 3. The molecular weight excluding hydrogens is 396 g/mol. The molecule has 3 rings (SSSR count). The van der Waals surface area contributed by atoms with Gasteiger partial charge in [-0.05, 0) is 50.5 Å². The van der Waals surface area contributed by atoms with Crippen LogP contribution in [0.25, 0.3) is 6.08 Å². The van der Waals surface area contributed by atoms with E-state index in [2.05, 4.69) is 5.32 Å². The summed E-state index contributed by atoms with van der Waals surface area (Å²) in [7, 11) is 1.30. The van der Waals surface area contributed by atoms with Gasteiger partial charge in [-0.15, -0.1) is 0 Å². The highest BCUT2D eigenvalue weighted by atomic mass is 16.5. The van der Waals surface area contributed by atoms with Gasteiger partial charge in [-0.2, -0.15) is 0 Å². The van der Waals surface area contributed by atoms with Crippen molar-refractivity contribution in [3.63, 3.8) is 0 Å². The second kappa shape index (κ2) is 10.3. The zero-order valence-corrected chi connectivity index (χ0v) is 18.4. The van der Waals surface area contributed by atoms with Crippen molar-refractivity contribution >= 4 is 23.9 Å². The third kappa shape index (κ3) is 5.34. The molecule has 0 radical (unpaired) electrons. The number of hydrogen-bond donors (Lipinski definition) is 1. The average molecular weight is 427 g/mol. The molecule has 0 saturated heterocycles. The molecule has 31 heavy (non-hydrogen) atoms. The number of carbonyl (C=O) groups is 3. The second-order valence-electron chi connectivity index (χ2n) is 7.82. The predicted octanol–water partition coefficient (Wildman–Crippen LogP) is 3.21. The maximum absolute atomic E-state index is 12.7. The summed E-state index contributed by atoms with van der Waals surface area (Å²) in [5.41, 5.74) is 1.94. The first kappa shape index (κ1) is 22.6. The Labute approximate surface area is 183 Å². The summed E-state index contributed by atoms with van der Waals surface area (Å²) >= 11 is 0. The molecule has 7 nitrogen and oxygen atoms in total. The van der Waals surface area contributed by atoms with Crippen molar-refractivity contribution in [1.29, 1.82) is 0 Å². The molecule has 0 bridgehead atoms. The van der Waals surface area contributed by atoms with Gasteiger partial charge < -0.3 is 19.7 Å². The highest BCUT2D eigenvalue weighted by Gasteiger charge is 2.36. The first-order valence-electron chi connectivity index (χ1n) is 10.8. The van der Waals surface area contributed by atoms with Gasteiger partial charge in [0.2, 0.25) is 0 Å². The van der Waals surface area contributed by atoms with Gasteiger partial charge in [-0.1, -0.05) is 31.4 Å². The molecule has 166 valence electrons. The van der Waals surface area contributed by atoms with E-state index in [9.17, 15) is 14.4 Å². The van der Waals surface area contributed by atoms with E-state index in [1.54, 1.807) is 42.2 Å². The van der Waals surface area contributed by atoms with Gasteiger partial charge in [0.05, 0.1) is 18.3 Å². The Morgan fingerprint density at radius 1 is 1.16 bits per heavy atom. The molecule has 0 spiro atoms. The van der Waals surface area contributed by atoms with E-state index in [0.29, 0.717) is 23.6 Å². The van der Waals surface area contributed by atoms with Crippen molar-refractivity contribution in [2.75, 3.05) is 20.3 Å². The fraction of sp³-hybridized carbons (Fsp3) is 0.458. The minimum Gasteiger partial charge on any atom is -0.484 e. The Morgan fingerprint density at radius 2 is 1.84 bits per heavy atom. The van der Waals surface area contributed by atoms with E-state index >= 15 is 0 Å². The topological polar surface area (TPSA) is 84.9 Å². The molecule has 2 aliphatic rings. The van der Waals surface area contributed by atoms with Crippen LogP contribution in [0.2, 0.25) is 0 Å². The standard InChI is InChI=1S/C24H30N2O5/c1-4-26-16(2)22(24(29)30-3)20(23(26)28)14-17-10-12-19(13-11-17)31-15-21(27)25-18-8-6-5-7-9-18/h10-14,18H,4-9,15H2,1-3H3,(H,25,27)/b20-14-. The first-order chi connectivity index (χ1) is 14.9. The number of esters is 1. The molecule has 1 fully saturated rings. The molecule has 2 amide bonds. The molecule has 1 heterocycles. The van der Waals surface area contributed by atoms with Gasteiger partial charge >= 0.3 is 5.97 Å². The van der Waals surface area contributed by atoms with Crippen LogP contribution in [0.3, 0.4) is 0 Å². The highest BCUT2D eigenvalue weighted by Crippen LogP contribution is 2.31. The molecule has 7 heteroatoms. The van der Waals surface area contributed by atoms with Crippen molar-refractivity contribution in [2.45, 2.75) is 52.0 Å². The Morgan fingerprint density at radius 3 is 2.45 bits per heavy atom. The number of ether oxygens (including phenoxy) is 2. The summed E-state index contributed by atoms with van der Waals surface area (Å²) in [6.45, 7) is 4.03. The van der Waals surface area contributed by atoms with Crippen LogP contribution in [0.5, 0.6) is 5.75 Å². The number of benzene rings is 1. The minimum atomic E-state index is -0.531. The fourth-order valence-electron chi connectivity index (χ4n) is 4.10. The summed E-state index contributed by atoms with van der Waals surface area (Å²) in [4.78, 5) is 38.6.